The van der Waals surface area contributed by atoms with Gasteiger partial charge in [0.05, 0.1) is 12.1 Å². The lowest BCUT2D eigenvalue weighted by Crippen LogP contribution is -2.32. The van der Waals surface area contributed by atoms with Crippen LogP contribution in [0.25, 0.3) is 0 Å². The molecule has 3 nitrogen and oxygen atoms in total. The second kappa shape index (κ2) is 7.29. The van der Waals surface area contributed by atoms with Crippen molar-refractivity contribution in [1.29, 1.82) is 0 Å². The van der Waals surface area contributed by atoms with Gasteiger partial charge >= 0.3 is 0 Å². The molecule has 2 rings (SSSR count). The van der Waals surface area contributed by atoms with Crippen molar-refractivity contribution in [2.45, 2.75) is 51.2 Å². The van der Waals surface area contributed by atoms with Crippen LogP contribution in [-0.4, -0.2) is 18.6 Å². The molecular weight excluding hydrogens is 238 g/mol. The van der Waals surface area contributed by atoms with Crippen molar-refractivity contribution in [1.82, 2.24) is 5.32 Å². The van der Waals surface area contributed by atoms with E-state index >= 15 is 0 Å². The Kier molecular flexibility index (Phi) is 5.40. The SMILES string of the molecule is CC(NC(=O)COC1CCCCC1)c1ccccc1. The van der Waals surface area contributed by atoms with Crippen LogP contribution in [0.2, 0.25) is 0 Å². The zero-order valence-electron chi connectivity index (χ0n) is 11.6. The first kappa shape index (κ1) is 14.1. The molecule has 1 amide bonds. The molecular formula is C16H23NO2. The minimum atomic E-state index is -0.0260. The van der Waals surface area contributed by atoms with Gasteiger partial charge < -0.3 is 10.1 Å². The summed E-state index contributed by atoms with van der Waals surface area (Å²) < 4.78 is 5.67. The van der Waals surface area contributed by atoms with Crippen molar-refractivity contribution in [3.63, 3.8) is 0 Å². The Morgan fingerprint density at radius 1 is 1.26 bits per heavy atom. The van der Waals surface area contributed by atoms with Gasteiger partial charge in [-0.1, -0.05) is 49.6 Å². The molecule has 1 aliphatic rings. The van der Waals surface area contributed by atoms with Gasteiger partial charge in [0.15, 0.2) is 0 Å². The van der Waals surface area contributed by atoms with Crippen LogP contribution in [0, 0.1) is 0 Å². The molecule has 19 heavy (non-hydrogen) atoms. The van der Waals surface area contributed by atoms with Gasteiger partial charge in [-0.3, -0.25) is 4.79 Å². The van der Waals surface area contributed by atoms with E-state index < -0.39 is 0 Å². The largest absolute Gasteiger partial charge is 0.368 e. The molecule has 0 aliphatic heterocycles. The fourth-order valence-corrected chi connectivity index (χ4v) is 2.53. The third kappa shape index (κ3) is 4.67. The van der Waals surface area contributed by atoms with E-state index in [-0.39, 0.29) is 24.7 Å². The maximum Gasteiger partial charge on any atom is 0.246 e. The summed E-state index contributed by atoms with van der Waals surface area (Å²) in [4.78, 5) is 11.8. The number of ether oxygens (including phenoxy) is 1. The summed E-state index contributed by atoms with van der Waals surface area (Å²) in [6.07, 6.45) is 6.24. The zero-order valence-corrected chi connectivity index (χ0v) is 11.6. The van der Waals surface area contributed by atoms with Crippen LogP contribution in [0.5, 0.6) is 0 Å². The van der Waals surface area contributed by atoms with Crippen molar-refractivity contribution in [2.75, 3.05) is 6.61 Å². The van der Waals surface area contributed by atoms with Crippen molar-refractivity contribution in [3.05, 3.63) is 35.9 Å². The fourth-order valence-electron chi connectivity index (χ4n) is 2.53. The van der Waals surface area contributed by atoms with Gasteiger partial charge in [0.2, 0.25) is 5.91 Å². The lowest BCUT2D eigenvalue weighted by Gasteiger charge is -2.22. The molecule has 1 aromatic carbocycles. The smallest absolute Gasteiger partial charge is 0.246 e. The van der Waals surface area contributed by atoms with Gasteiger partial charge in [-0.05, 0) is 25.3 Å². The molecule has 1 aromatic rings. The van der Waals surface area contributed by atoms with E-state index in [0.717, 1.165) is 18.4 Å². The molecule has 1 aliphatic carbocycles. The summed E-state index contributed by atoms with van der Waals surface area (Å²) in [5.41, 5.74) is 1.12. The van der Waals surface area contributed by atoms with Crippen molar-refractivity contribution in [2.24, 2.45) is 0 Å². The predicted molar refractivity (Wildman–Crippen MR) is 75.8 cm³/mol. The molecule has 1 unspecified atom stereocenters. The van der Waals surface area contributed by atoms with E-state index in [9.17, 15) is 4.79 Å². The summed E-state index contributed by atoms with van der Waals surface area (Å²) in [5, 5.41) is 2.97. The first-order chi connectivity index (χ1) is 9.25. The van der Waals surface area contributed by atoms with Crippen molar-refractivity contribution >= 4 is 5.91 Å². The van der Waals surface area contributed by atoms with Crippen LogP contribution in [0.1, 0.15) is 50.6 Å². The van der Waals surface area contributed by atoms with Crippen molar-refractivity contribution in [3.8, 4) is 0 Å². The Morgan fingerprint density at radius 3 is 2.63 bits per heavy atom. The van der Waals surface area contributed by atoms with Gasteiger partial charge in [0.25, 0.3) is 0 Å². The van der Waals surface area contributed by atoms with Gasteiger partial charge in [-0.2, -0.15) is 0 Å². The minimum Gasteiger partial charge on any atom is -0.368 e. The number of hydrogen-bond acceptors (Lipinski definition) is 2. The topological polar surface area (TPSA) is 38.3 Å². The van der Waals surface area contributed by atoms with E-state index in [1.807, 2.05) is 37.3 Å². The molecule has 1 N–H and O–H groups in total. The van der Waals surface area contributed by atoms with E-state index in [0.29, 0.717) is 0 Å². The number of amides is 1. The first-order valence-electron chi connectivity index (χ1n) is 7.21. The Hall–Kier alpha value is -1.35. The second-order valence-corrected chi connectivity index (χ2v) is 5.27. The molecule has 104 valence electrons. The maximum absolute atomic E-state index is 11.8. The van der Waals surface area contributed by atoms with Gasteiger partial charge in [0, 0.05) is 0 Å². The highest BCUT2D eigenvalue weighted by molar-refractivity contribution is 5.77. The summed E-state index contributed by atoms with van der Waals surface area (Å²) in [7, 11) is 0. The lowest BCUT2D eigenvalue weighted by atomic mass is 9.98. The minimum absolute atomic E-state index is 0.0260. The highest BCUT2D eigenvalue weighted by Crippen LogP contribution is 2.20. The molecule has 0 radical (unpaired) electrons. The zero-order chi connectivity index (χ0) is 13.5. The van der Waals surface area contributed by atoms with Gasteiger partial charge in [0.1, 0.15) is 6.61 Å². The maximum atomic E-state index is 11.8. The third-order valence-electron chi connectivity index (χ3n) is 3.68. The Balaban J connectivity index is 1.71. The quantitative estimate of drug-likeness (QED) is 0.884. The number of benzene rings is 1. The molecule has 0 heterocycles. The van der Waals surface area contributed by atoms with Crippen LogP contribution in [0.4, 0.5) is 0 Å². The summed E-state index contributed by atoms with van der Waals surface area (Å²) >= 11 is 0. The highest BCUT2D eigenvalue weighted by Gasteiger charge is 2.16. The van der Waals surface area contributed by atoms with E-state index in [1.54, 1.807) is 0 Å². The van der Waals surface area contributed by atoms with Crippen LogP contribution >= 0.6 is 0 Å². The van der Waals surface area contributed by atoms with E-state index in [1.165, 1.54) is 19.3 Å². The van der Waals surface area contributed by atoms with Crippen LogP contribution in [0.15, 0.2) is 30.3 Å². The Bertz CT molecular complexity index is 385. The van der Waals surface area contributed by atoms with E-state index in [2.05, 4.69) is 5.32 Å². The molecule has 1 fully saturated rings. The van der Waals surface area contributed by atoms with Gasteiger partial charge in [-0.15, -0.1) is 0 Å². The van der Waals surface area contributed by atoms with Crippen LogP contribution in [-0.2, 0) is 9.53 Å². The van der Waals surface area contributed by atoms with Crippen LogP contribution in [0.3, 0.4) is 0 Å². The molecule has 1 atom stereocenters. The Labute approximate surface area is 115 Å². The molecule has 0 spiro atoms. The molecule has 0 aromatic heterocycles. The number of rotatable bonds is 5. The standard InChI is InChI=1S/C16H23NO2/c1-13(14-8-4-2-5-9-14)17-16(18)12-19-15-10-6-3-7-11-15/h2,4-5,8-9,13,15H,3,6-7,10-12H2,1H3,(H,17,18). The van der Waals surface area contributed by atoms with Crippen LogP contribution < -0.4 is 5.32 Å². The number of nitrogens with one attached hydrogen (secondary N) is 1. The van der Waals surface area contributed by atoms with Gasteiger partial charge in [-0.25, -0.2) is 0 Å². The van der Waals surface area contributed by atoms with Crippen molar-refractivity contribution < 1.29 is 9.53 Å². The summed E-state index contributed by atoms with van der Waals surface area (Å²) in [6.45, 7) is 2.18. The number of hydrogen-bond donors (Lipinski definition) is 1. The fraction of sp³-hybridized carbons (Fsp3) is 0.562. The number of carbonyl (C=O) groups is 1. The normalized spacial score (nSPS) is 17.9. The molecule has 3 heteroatoms. The summed E-state index contributed by atoms with van der Waals surface area (Å²) in [5.74, 6) is -0.0260. The molecule has 0 bridgehead atoms. The second-order valence-electron chi connectivity index (χ2n) is 5.27. The molecule has 0 saturated heterocycles. The molecule has 1 saturated carbocycles. The predicted octanol–water partition coefficient (Wildman–Crippen LogP) is 3.21. The number of carbonyl (C=O) groups excluding carboxylic acids is 1. The van der Waals surface area contributed by atoms with E-state index in [4.69, 9.17) is 4.74 Å². The average molecular weight is 261 g/mol. The first-order valence-corrected chi connectivity index (χ1v) is 7.21. The lowest BCUT2D eigenvalue weighted by molar-refractivity contribution is -0.129. The average Bonchev–Trinajstić information content (AvgIpc) is 2.47. The summed E-state index contributed by atoms with van der Waals surface area (Å²) in [6, 6.07) is 10.0. The third-order valence-corrected chi connectivity index (χ3v) is 3.68. The Morgan fingerprint density at radius 2 is 1.95 bits per heavy atom. The monoisotopic (exact) mass is 261 g/mol. The highest BCUT2D eigenvalue weighted by atomic mass is 16.5.